The molecule has 1 aliphatic rings. The summed E-state index contributed by atoms with van der Waals surface area (Å²) in [7, 11) is -3.55. The van der Waals surface area contributed by atoms with E-state index in [0.717, 1.165) is 6.42 Å². The van der Waals surface area contributed by atoms with Crippen LogP contribution in [0.5, 0.6) is 0 Å². The number of nitrogens with zero attached hydrogens (tertiary/aromatic N) is 1. The van der Waals surface area contributed by atoms with Crippen LogP contribution in [-0.4, -0.2) is 19.3 Å². The molecular weight excluding hydrogens is 444 g/mol. The first kappa shape index (κ1) is 25.9. The predicted octanol–water partition coefficient (Wildman–Crippen LogP) is 6.82. The number of hydrogen-bond acceptors (Lipinski definition) is 4. The Hall–Kier alpha value is -2.73. The van der Waals surface area contributed by atoms with Crippen LogP contribution in [0.4, 0.5) is 0 Å². The van der Waals surface area contributed by atoms with Gasteiger partial charge in [0.05, 0.1) is 5.56 Å². The van der Waals surface area contributed by atoms with Gasteiger partial charge in [-0.15, -0.1) is 0 Å². The predicted molar refractivity (Wildman–Crippen MR) is 138 cm³/mol. The number of fused-ring (bicyclic) bond motifs is 2. The lowest BCUT2D eigenvalue weighted by atomic mass is 10.0. The van der Waals surface area contributed by atoms with Crippen molar-refractivity contribution in [3.05, 3.63) is 72.1 Å². The Kier molecular flexibility index (Phi) is 10.1. The van der Waals surface area contributed by atoms with Gasteiger partial charge < -0.3 is 0 Å². The van der Waals surface area contributed by atoms with Gasteiger partial charge in [0, 0.05) is 17.3 Å². The molecule has 6 heteroatoms. The molecular formula is C28H36N2O3S. The standard InChI is InChI=1S/C21H31N.C7H5NO3S/c1-2-3-4-5-6-7-8-9-10-11-16-21-20-15-13-12-14-19(20)17-18-22-21;9-7-5-3-1-2-4-6(5)12(10,11)8-7/h12-15,17-18H,2-11,16H2,1H3;1-4H,(H,8,9). The van der Waals surface area contributed by atoms with E-state index < -0.39 is 15.9 Å². The number of amides is 1. The topological polar surface area (TPSA) is 76.1 Å². The van der Waals surface area contributed by atoms with E-state index in [4.69, 9.17) is 0 Å². The minimum atomic E-state index is -3.55. The fourth-order valence-electron chi connectivity index (χ4n) is 4.28. The average molecular weight is 481 g/mol. The van der Waals surface area contributed by atoms with Crippen LogP contribution >= 0.6 is 0 Å². The van der Waals surface area contributed by atoms with Crippen molar-refractivity contribution in [2.24, 2.45) is 0 Å². The summed E-state index contributed by atoms with van der Waals surface area (Å²) in [5.74, 6) is -0.550. The molecule has 0 spiro atoms. The number of pyridine rings is 1. The number of aryl methyl sites for hydroxylation is 1. The number of hydrogen-bond donors (Lipinski definition) is 1. The Bertz CT molecular complexity index is 1170. The minimum Gasteiger partial charge on any atom is -0.268 e. The molecule has 0 bridgehead atoms. The van der Waals surface area contributed by atoms with Crippen molar-refractivity contribution in [1.82, 2.24) is 9.71 Å². The summed E-state index contributed by atoms with van der Waals surface area (Å²) in [5, 5.41) is 2.65. The van der Waals surface area contributed by atoms with Crippen LogP contribution in [0.3, 0.4) is 0 Å². The van der Waals surface area contributed by atoms with E-state index in [0.29, 0.717) is 0 Å². The molecule has 34 heavy (non-hydrogen) atoms. The lowest BCUT2D eigenvalue weighted by molar-refractivity contribution is 0.0985. The van der Waals surface area contributed by atoms with E-state index >= 15 is 0 Å². The van der Waals surface area contributed by atoms with Gasteiger partial charge in [-0.25, -0.2) is 13.1 Å². The van der Waals surface area contributed by atoms with Crippen molar-refractivity contribution in [2.75, 3.05) is 0 Å². The molecule has 2 heterocycles. The number of aromatic nitrogens is 1. The zero-order chi connectivity index (χ0) is 24.2. The van der Waals surface area contributed by atoms with Crippen LogP contribution in [0.15, 0.2) is 65.7 Å². The van der Waals surface area contributed by atoms with E-state index in [-0.39, 0.29) is 10.5 Å². The molecule has 0 fully saturated rings. The number of carbonyl (C=O) groups is 1. The molecule has 1 amide bonds. The number of carbonyl (C=O) groups excluding carboxylic acids is 1. The highest BCUT2D eigenvalue weighted by Gasteiger charge is 2.31. The Labute approximate surface area is 204 Å². The number of sulfonamides is 1. The molecule has 4 rings (SSSR count). The van der Waals surface area contributed by atoms with Crippen molar-refractivity contribution in [1.29, 1.82) is 0 Å². The molecule has 3 aromatic rings. The fraction of sp³-hybridized carbons (Fsp3) is 0.429. The molecule has 5 nitrogen and oxygen atoms in total. The normalized spacial score (nSPS) is 13.7. The molecule has 0 radical (unpaired) electrons. The molecule has 1 aliphatic heterocycles. The van der Waals surface area contributed by atoms with Gasteiger partial charge in [-0.3, -0.25) is 9.78 Å². The second kappa shape index (κ2) is 13.2. The van der Waals surface area contributed by atoms with Crippen LogP contribution in [-0.2, 0) is 16.4 Å². The summed E-state index contributed by atoms with van der Waals surface area (Å²) in [6, 6.07) is 16.8. The molecule has 0 unspecified atom stereocenters. The first-order valence-corrected chi connectivity index (χ1v) is 14.0. The van der Waals surface area contributed by atoms with Gasteiger partial charge in [0.15, 0.2) is 0 Å². The largest absolute Gasteiger partial charge is 0.268 e. The van der Waals surface area contributed by atoms with E-state index in [1.54, 1.807) is 12.1 Å². The van der Waals surface area contributed by atoms with Gasteiger partial charge in [-0.1, -0.05) is 101 Å². The number of unbranched alkanes of at least 4 members (excludes halogenated alkanes) is 9. The first-order valence-electron chi connectivity index (χ1n) is 12.5. The second-order valence-corrected chi connectivity index (χ2v) is 10.5. The highest BCUT2D eigenvalue weighted by atomic mass is 32.2. The summed E-state index contributed by atoms with van der Waals surface area (Å²) < 4.78 is 24.2. The third kappa shape index (κ3) is 7.39. The molecule has 0 atom stereocenters. The highest BCUT2D eigenvalue weighted by molar-refractivity contribution is 7.90. The van der Waals surface area contributed by atoms with Gasteiger partial charge in [0.1, 0.15) is 4.90 Å². The molecule has 0 aliphatic carbocycles. The smallest absolute Gasteiger partial charge is 0.266 e. The maximum atomic E-state index is 11.1. The summed E-state index contributed by atoms with van der Waals surface area (Å²) in [5.41, 5.74) is 1.50. The monoisotopic (exact) mass is 480 g/mol. The van der Waals surface area contributed by atoms with Crippen LogP contribution < -0.4 is 4.72 Å². The molecule has 2 aromatic carbocycles. The molecule has 1 aromatic heterocycles. The van der Waals surface area contributed by atoms with E-state index in [1.165, 1.54) is 92.8 Å². The molecule has 0 saturated heterocycles. The van der Waals surface area contributed by atoms with Gasteiger partial charge in [0.2, 0.25) is 0 Å². The number of rotatable bonds is 11. The highest BCUT2D eigenvalue weighted by Crippen LogP contribution is 2.21. The van der Waals surface area contributed by atoms with Crippen molar-refractivity contribution < 1.29 is 13.2 Å². The Balaban J connectivity index is 0.000000226. The summed E-state index contributed by atoms with van der Waals surface area (Å²) in [6.45, 7) is 2.28. The zero-order valence-electron chi connectivity index (χ0n) is 20.1. The lowest BCUT2D eigenvalue weighted by Crippen LogP contribution is -2.20. The SMILES string of the molecule is CCCCCCCCCCCCc1nccc2ccccc12.O=C1NS(=O)(=O)c2ccccc21. The van der Waals surface area contributed by atoms with E-state index in [1.807, 2.05) is 10.9 Å². The summed E-state index contributed by atoms with van der Waals surface area (Å²) in [6.07, 6.45) is 17.0. The van der Waals surface area contributed by atoms with Crippen molar-refractivity contribution >= 4 is 26.7 Å². The van der Waals surface area contributed by atoms with Crippen LogP contribution in [0.1, 0.15) is 87.2 Å². The van der Waals surface area contributed by atoms with Gasteiger partial charge in [0.25, 0.3) is 15.9 Å². The Morgan fingerprint density at radius 2 is 1.38 bits per heavy atom. The van der Waals surface area contributed by atoms with Gasteiger partial charge in [-0.05, 0) is 36.4 Å². The fourth-order valence-corrected chi connectivity index (χ4v) is 5.45. The molecule has 182 valence electrons. The van der Waals surface area contributed by atoms with Gasteiger partial charge in [-0.2, -0.15) is 0 Å². The molecule has 0 saturated carbocycles. The second-order valence-electron chi connectivity index (χ2n) is 8.84. The summed E-state index contributed by atoms with van der Waals surface area (Å²) in [4.78, 5) is 15.6. The third-order valence-electron chi connectivity index (χ3n) is 6.17. The van der Waals surface area contributed by atoms with Crippen molar-refractivity contribution in [3.63, 3.8) is 0 Å². The van der Waals surface area contributed by atoms with Gasteiger partial charge >= 0.3 is 0 Å². The summed E-state index contributed by atoms with van der Waals surface area (Å²) >= 11 is 0. The minimum absolute atomic E-state index is 0.0648. The van der Waals surface area contributed by atoms with Crippen molar-refractivity contribution in [2.45, 2.75) is 82.4 Å². The zero-order valence-corrected chi connectivity index (χ0v) is 20.9. The maximum Gasteiger partial charge on any atom is 0.266 e. The Morgan fingerprint density at radius 1 is 0.765 bits per heavy atom. The number of nitrogens with one attached hydrogen (secondary N) is 1. The first-order chi connectivity index (χ1) is 16.5. The third-order valence-corrected chi connectivity index (χ3v) is 7.56. The van der Waals surface area contributed by atoms with E-state index in [9.17, 15) is 13.2 Å². The van der Waals surface area contributed by atoms with Crippen LogP contribution in [0.2, 0.25) is 0 Å². The van der Waals surface area contributed by atoms with Crippen LogP contribution in [0.25, 0.3) is 10.8 Å². The number of benzene rings is 2. The maximum absolute atomic E-state index is 11.1. The average Bonchev–Trinajstić information content (AvgIpc) is 3.09. The quantitative estimate of drug-likeness (QED) is 0.306. The van der Waals surface area contributed by atoms with Crippen molar-refractivity contribution in [3.8, 4) is 0 Å². The molecule has 1 N–H and O–H groups in total. The lowest BCUT2D eigenvalue weighted by Gasteiger charge is -2.05. The van der Waals surface area contributed by atoms with Crippen LogP contribution in [0, 0.1) is 0 Å². The van der Waals surface area contributed by atoms with E-state index in [2.05, 4.69) is 42.2 Å². The Morgan fingerprint density at radius 3 is 2.09 bits per heavy atom.